The van der Waals surface area contributed by atoms with E-state index in [1.54, 1.807) is 0 Å². The Morgan fingerprint density at radius 1 is 1.21 bits per heavy atom. The molecule has 3 aliphatic rings. The molecule has 5 heteroatoms. The van der Waals surface area contributed by atoms with Crippen molar-refractivity contribution in [1.82, 2.24) is 10.2 Å². The van der Waals surface area contributed by atoms with Crippen LogP contribution in [0.3, 0.4) is 0 Å². The molecule has 0 radical (unpaired) electrons. The van der Waals surface area contributed by atoms with Crippen LogP contribution in [0.5, 0.6) is 0 Å². The second-order valence-corrected chi connectivity index (χ2v) is 5.94. The standard InChI is InChI=1S/C14H22N2O3/c17-13(7-10-3-1-2-6-15-14(10)18)16-8-11-4-5-12(9-16)19-11/h10-12H,1-9H2,(H,15,18). The molecule has 0 spiro atoms. The minimum absolute atomic E-state index is 0.0575. The van der Waals surface area contributed by atoms with Crippen molar-refractivity contribution in [3.8, 4) is 0 Å². The molecule has 5 nitrogen and oxygen atoms in total. The largest absolute Gasteiger partial charge is 0.371 e. The van der Waals surface area contributed by atoms with Gasteiger partial charge in [0.05, 0.1) is 12.2 Å². The molecule has 0 aromatic rings. The van der Waals surface area contributed by atoms with Gasteiger partial charge in [-0.3, -0.25) is 9.59 Å². The Morgan fingerprint density at radius 3 is 2.68 bits per heavy atom. The molecule has 1 N–H and O–H groups in total. The molecule has 3 saturated heterocycles. The third-order valence-electron chi connectivity index (χ3n) is 4.47. The van der Waals surface area contributed by atoms with E-state index in [1.807, 2.05) is 4.90 Å². The van der Waals surface area contributed by atoms with Gasteiger partial charge in [0.2, 0.25) is 11.8 Å². The van der Waals surface area contributed by atoms with Crippen molar-refractivity contribution >= 4 is 11.8 Å². The van der Waals surface area contributed by atoms with Crippen LogP contribution in [0.1, 0.15) is 38.5 Å². The Hall–Kier alpha value is -1.10. The number of likely N-dealkylation sites (tertiary alicyclic amines) is 1. The highest BCUT2D eigenvalue weighted by atomic mass is 16.5. The quantitative estimate of drug-likeness (QED) is 0.799. The molecule has 106 valence electrons. The SMILES string of the molecule is O=C1NCCCCC1CC(=O)N1CC2CCC(C1)O2. The number of nitrogens with one attached hydrogen (secondary N) is 1. The maximum atomic E-state index is 12.3. The number of ether oxygens (including phenoxy) is 1. The topological polar surface area (TPSA) is 58.6 Å². The van der Waals surface area contributed by atoms with E-state index >= 15 is 0 Å². The fraction of sp³-hybridized carbons (Fsp3) is 0.857. The zero-order chi connectivity index (χ0) is 13.2. The number of rotatable bonds is 2. The maximum absolute atomic E-state index is 12.3. The molecule has 0 aromatic carbocycles. The number of hydrogen-bond donors (Lipinski definition) is 1. The molecule has 3 rings (SSSR count). The Kier molecular flexibility index (Phi) is 3.73. The number of morpholine rings is 1. The lowest BCUT2D eigenvalue weighted by molar-refractivity contribution is -0.143. The van der Waals surface area contributed by atoms with Crippen LogP contribution < -0.4 is 5.32 Å². The van der Waals surface area contributed by atoms with Crippen molar-refractivity contribution in [3.63, 3.8) is 0 Å². The third-order valence-corrected chi connectivity index (χ3v) is 4.47. The smallest absolute Gasteiger partial charge is 0.223 e. The van der Waals surface area contributed by atoms with Gasteiger partial charge >= 0.3 is 0 Å². The predicted molar refractivity (Wildman–Crippen MR) is 69.4 cm³/mol. The molecule has 3 fully saturated rings. The lowest BCUT2D eigenvalue weighted by Crippen LogP contribution is -2.46. The highest BCUT2D eigenvalue weighted by Gasteiger charge is 2.36. The van der Waals surface area contributed by atoms with Gasteiger partial charge < -0.3 is 15.0 Å². The molecular weight excluding hydrogens is 244 g/mol. The van der Waals surface area contributed by atoms with Crippen LogP contribution in [0.2, 0.25) is 0 Å². The average Bonchev–Trinajstić information content (AvgIpc) is 2.61. The summed E-state index contributed by atoms with van der Waals surface area (Å²) in [5.74, 6) is 0.0554. The van der Waals surface area contributed by atoms with Gasteiger partial charge in [-0.05, 0) is 25.7 Å². The maximum Gasteiger partial charge on any atom is 0.223 e. The van der Waals surface area contributed by atoms with Crippen LogP contribution in [0, 0.1) is 5.92 Å². The van der Waals surface area contributed by atoms with Gasteiger partial charge in [0.15, 0.2) is 0 Å². The van der Waals surface area contributed by atoms with Crippen molar-refractivity contribution in [3.05, 3.63) is 0 Å². The van der Waals surface area contributed by atoms with E-state index in [-0.39, 0.29) is 29.9 Å². The Balaban J connectivity index is 1.56. The molecule has 19 heavy (non-hydrogen) atoms. The van der Waals surface area contributed by atoms with Gasteiger partial charge in [-0.25, -0.2) is 0 Å². The van der Waals surface area contributed by atoms with Crippen LogP contribution in [0.25, 0.3) is 0 Å². The summed E-state index contributed by atoms with van der Waals surface area (Å²) in [5.41, 5.74) is 0. The minimum atomic E-state index is -0.129. The van der Waals surface area contributed by atoms with Crippen LogP contribution in [0.4, 0.5) is 0 Å². The molecular formula is C14H22N2O3. The highest BCUT2D eigenvalue weighted by Crippen LogP contribution is 2.27. The van der Waals surface area contributed by atoms with Crippen molar-refractivity contribution in [1.29, 1.82) is 0 Å². The zero-order valence-corrected chi connectivity index (χ0v) is 11.3. The van der Waals surface area contributed by atoms with Crippen LogP contribution in [-0.2, 0) is 14.3 Å². The van der Waals surface area contributed by atoms with Crippen LogP contribution in [0.15, 0.2) is 0 Å². The lowest BCUT2D eigenvalue weighted by atomic mass is 9.98. The second kappa shape index (κ2) is 5.49. The minimum Gasteiger partial charge on any atom is -0.371 e. The highest BCUT2D eigenvalue weighted by molar-refractivity contribution is 5.86. The van der Waals surface area contributed by atoms with E-state index in [4.69, 9.17) is 4.74 Å². The summed E-state index contributed by atoms with van der Waals surface area (Å²) in [6, 6.07) is 0. The van der Waals surface area contributed by atoms with E-state index in [9.17, 15) is 9.59 Å². The van der Waals surface area contributed by atoms with E-state index in [2.05, 4.69) is 5.32 Å². The molecule has 3 atom stereocenters. The number of carbonyl (C=O) groups excluding carboxylic acids is 2. The van der Waals surface area contributed by atoms with E-state index in [0.29, 0.717) is 19.5 Å². The summed E-state index contributed by atoms with van der Waals surface area (Å²) in [7, 11) is 0. The summed E-state index contributed by atoms with van der Waals surface area (Å²) in [6.07, 6.45) is 5.86. The van der Waals surface area contributed by atoms with Crippen molar-refractivity contribution in [2.24, 2.45) is 5.92 Å². The summed E-state index contributed by atoms with van der Waals surface area (Å²) in [5, 5.41) is 2.90. The van der Waals surface area contributed by atoms with Gasteiger partial charge in [0.1, 0.15) is 0 Å². The predicted octanol–water partition coefficient (Wildman–Crippen LogP) is 0.683. The second-order valence-electron chi connectivity index (χ2n) is 5.94. The fourth-order valence-corrected chi connectivity index (χ4v) is 3.36. The molecule has 2 amide bonds. The van der Waals surface area contributed by atoms with Gasteiger partial charge in [0.25, 0.3) is 0 Å². The van der Waals surface area contributed by atoms with Crippen LogP contribution >= 0.6 is 0 Å². The van der Waals surface area contributed by atoms with E-state index < -0.39 is 0 Å². The van der Waals surface area contributed by atoms with Gasteiger partial charge in [0, 0.05) is 32.0 Å². The number of nitrogens with zero attached hydrogens (tertiary/aromatic N) is 1. The number of fused-ring (bicyclic) bond motifs is 2. The first kappa shape index (κ1) is 12.9. The molecule has 3 unspecified atom stereocenters. The van der Waals surface area contributed by atoms with Gasteiger partial charge in [-0.2, -0.15) is 0 Å². The van der Waals surface area contributed by atoms with E-state index in [1.165, 1.54) is 0 Å². The summed E-state index contributed by atoms with van der Waals surface area (Å²) in [6.45, 7) is 2.18. The van der Waals surface area contributed by atoms with Crippen LogP contribution in [-0.4, -0.2) is 48.6 Å². The first-order chi connectivity index (χ1) is 9.22. The number of amides is 2. The zero-order valence-electron chi connectivity index (χ0n) is 11.3. The van der Waals surface area contributed by atoms with Crippen molar-refractivity contribution in [2.45, 2.75) is 50.7 Å². The Bertz CT molecular complexity index is 360. The van der Waals surface area contributed by atoms with Gasteiger partial charge in [-0.15, -0.1) is 0 Å². The average molecular weight is 266 g/mol. The lowest BCUT2D eigenvalue weighted by Gasteiger charge is -2.32. The van der Waals surface area contributed by atoms with Crippen molar-refractivity contribution in [2.75, 3.05) is 19.6 Å². The van der Waals surface area contributed by atoms with Crippen molar-refractivity contribution < 1.29 is 14.3 Å². The number of carbonyl (C=O) groups is 2. The van der Waals surface area contributed by atoms with Gasteiger partial charge in [-0.1, -0.05) is 6.42 Å². The number of hydrogen-bond acceptors (Lipinski definition) is 3. The monoisotopic (exact) mass is 266 g/mol. The van der Waals surface area contributed by atoms with E-state index in [0.717, 1.165) is 38.6 Å². The molecule has 0 saturated carbocycles. The third kappa shape index (κ3) is 2.91. The molecule has 0 aliphatic carbocycles. The molecule has 3 aliphatic heterocycles. The fourth-order valence-electron chi connectivity index (χ4n) is 3.36. The first-order valence-corrected chi connectivity index (χ1v) is 7.43. The first-order valence-electron chi connectivity index (χ1n) is 7.43. The molecule has 0 aromatic heterocycles. The normalized spacial score (nSPS) is 34.8. The molecule has 2 bridgehead atoms. The Labute approximate surface area is 113 Å². The Morgan fingerprint density at radius 2 is 1.95 bits per heavy atom. The summed E-state index contributed by atoms with van der Waals surface area (Å²) >= 11 is 0. The molecule has 3 heterocycles. The summed E-state index contributed by atoms with van der Waals surface area (Å²) < 4.78 is 5.74. The summed E-state index contributed by atoms with van der Waals surface area (Å²) in [4.78, 5) is 26.1.